The first kappa shape index (κ1) is 13.4. The number of aliphatic hydroxyl groups excluding tert-OH is 1. The van der Waals surface area contributed by atoms with E-state index in [1.807, 2.05) is 11.8 Å². The molecule has 0 saturated carbocycles. The molecule has 1 saturated heterocycles. The summed E-state index contributed by atoms with van der Waals surface area (Å²) in [5, 5.41) is 9.32. The van der Waals surface area contributed by atoms with Gasteiger partial charge in [-0.15, -0.1) is 11.3 Å². The van der Waals surface area contributed by atoms with Gasteiger partial charge in [0.25, 0.3) is 0 Å². The maximum absolute atomic E-state index is 11.9. The third-order valence-corrected chi connectivity index (χ3v) is 6.97. The SMILES string of the molecule is O=S(=O)(NCC1CCCS1)c1ccc(CO)s1. The average molecular weight is 293 g/mol. The van der Waals surface area contributed by atoms with Crippen LogP contribution in [0.15, 0.2) is 16.3 Å². The molecule has 1 unspecified atom stereocenters. The smallest absolute Gasteiger partial charge is 0.250 e. The Balaban J connectivity index is 1.97. The minimum atomic E-state index is -3.39. The first-order chi connectivity index (χ1) is 8.12. The molecular formula is C10H15NO3S3. The molecule has 0 aromatic carbocycles. The summed E-state index contributed by atoms with van der Waals surface area (Å²) in [6, 6.07) is 3.18. The molecular weight excluding hydrogens is 278 g/mol. The van der Waals surface area contributed by atoms with Crippen LogP contribution in [0.1, 0.15) is 17.7 Å². The second kappa shape index (κ2) is 5.71. The number of thiophene rings is 1. The summed E-state index contributed by atoms with van der Waals surface area (Å²) >= 11 is 2.94. The highest BCUT2D eigenvalue weighted by Gasteiger charge is 2.21. The lowest BCUT2D eigenvalue weighted by Gasteiger charge is -2.09. The molecule has 0 bridgehead atoms. The van der Waals surface area contributed by atoms with E-state index < -0.39 is 10.0 Å². The predicted molar refractivity (Wildman–Crippen MR) is 70.9 cm³/mol. The summed E-state index contributed by atoms with van der Waals surface area (Å²) < 4.78 is 26.8. The Bertz CT molecular complexity index is 463. The zero-order valence-corrected chi connectivity index (χ0v) is 11.7. The fourth-order valence-corrected chi connectivity index (χ4v) is 5.32. The highest BCUT2D eigenvalue weighted by atomic mass is 32.2. The number of hydrogen-bond acceptors (Lipinski definition) is 5. The molecule has 0 aliphatic carbocycles. The highest BCUT2D eigenvalue weighted by molar-refractivity contribution is 8.00. The summed E-state index contributed by atoms with van der Waals surface area (Å²) in [4.78, 5) is 0.667. The Labute approximate surface area is 109 Å². The number of hydrogen-bond donors (Lipinski definition) is 2. The van der Waals surface area contributed by atoms with Gasteiger partial charge in [-0.3, -0.25) is 0 Å². The molecule has 2 heterocycles. The second-order valence-corrected chi connectivity index (χ2v) is 8.44. The van der Waals surface area contributed by atoms with Crippen molar-refractivity contribution in [3.63, 3.8) is 0 Å². The number of sulfonamides is 1. The lowest BCUT2D eigenvalue weighted by molar-refractivity contribution is 0.285. The maximum atomic E-state index is 11.9. The number of nitrogens with one attached hydrogen (secondary N) is 1. The van der Waals surface area contributed by atoms with Gasteiger partial charge in [0.2, 0.25) is 10.0 Å². The van der Waals surface area contributed by atoms with E-state index in [1.54, 1.807) is 12.1 Å². The lowest BCUT2D eigenvalue weighted by atomic mass is 10.2. The number of aliphatic hydroxyl groups is 1. The van der Waals surface area contributed by atoms with Crippen molar-refractivity contribution in [2.75, 3.05) is 12.3 Å². The average Bonchev–Trinajstić information content (AvgIpc) is 2.98. The molecule has 1 aromatic heterocycles. The third-order valence-electron chi connectivity index (χ3n) is 2.58. The van der Waals surface area contributed by atoms with Crippen molar-refractivity contribution in [3.8, 4) is 0 Å². The van der Waals surface area contributed by atoms with Crippen LogP contribution in [0.4, 0.5) is 0 Å². The summed E-state index contributed by atoms with van der Waals surface area (Å²) in [7, 11) is -3.39. The molecule has 17 heavy (non-hydrogen) atoms. The molecule has 96 valence electrons. The van der Waals surface area contributed by atoms with Crippen LogP contribution in [0.5, 0.6) is 0 Å². The first-order valence-corrected chi connectivity index (χ1v) is 8.77. The first-order valence-electron chi connectivity index (χ1n) is 5.42. The predicted octanol–water partition coefficient (Wildman–Crippen LogP) is 1.41. The van der Waals surface area contributed by atoms with Crippen molar-refractivity contribution in [1.82, 2.24) is 4.72 Å². The quantitative estimate of drug-likeness (QED) is 0.861. The van der Waals surface area contributed by atoms with Crippen LogP contribution in [-0.2, 0) is 16.6 Å². The van der Waals surface area contributed by atoms with Gasteiger partial charge in [-0.2, -0.15) is 11.8 Å². The van der Waals surface area contributed by atoms with E-state index in [2.05, 4.69) is 4.72 Å². The zero-order valence-electron chi connectivity index (χ0n) is 9.26. The van der Waals surface area contributed by atoms with Crippen LogP contribution in [-0.4, -0.2) is 31.1 Å². The summed E-state index contributed by atoms with van der Waals surface area (Å²) in [5.74, 6) is 1.13. The summed E-state index contributed by atoms with van der Waals surface area (Å²) in [6.45, 7) is 0.387. The van der Waals surface area contributed by atoms with Crippen molar-refractivity contribution >= 4 is 33.1 Å². The molecule has 1 atom stereocenters. The minimum Gasteiger partial charge on any atom is -0.391 e. The molecule has 1 aliphatic heterocycles. The second-order valence-electron chi connectivity index (χ2n) is 3.87. The Morgan fingerprint density at radius 1 is 1.47 bits per heavy atom. The van der Waals surface area contributed by atoms with E-state index in [9.17, 15) is 8.42 Å². The van der Waals surface area contributed by atoms with Gasteiger partial charge in [0.1, 0.15) is 4.21 Å². The molecule has 1 aromatic rings. The van der Waals surface area contributed by atoms with Crippen molar-refractivity contribution in [1.29, 1.82) is 0 Å². The minimum absolute atomic E-state index is 0.112. The number of rotatable bonds is 5. The lowest BCUT2D eigenvalue weighted by Crippen LogP contribution is -2.29. The molecule has 0 spiro atoms. The van der Waals surface area contributed by atoms with E-state index in [0.29, 0.717) is 16.7 Å². The third kappa shape index (κ3) is 3.45. The van der Waals surface area contributed by atoms with Crippen molar-refractivity contribution in [3.05, 3.63) is 17.0 Å². The van der Waals surface area contributed by atoms with Crippen LogP contribution >= 0.6 is 23.1 Å². The van der Waals surface area contributed by atoms with Gasteiger partial charge >= 0.3 is 0 Å². The summed E-state index contributed by atoms with van der Waals surface area (Å²) in [5.41, 5.74) is 0. The van der Waals surface area contributed by atoms with Gasteiger partial charge in [-0.25, -0.2) is 13.1 Å². The van der Waals surface area contributed by atoms with Gasteiger partial charge in [0, 0.05) is 16.7 Å². The molecule has 7 heteroatoms. The molecule has 0 radical (unpaired) electrons. The molecule has 1 fully saturated rings. The standard InChI is InChI=1S/C10H15NO3S3/c12-7-9-3-4-10(16-9)17(13,14)11-6-8-2-1-5-15-8/h3-4,8,11-12H,1-2,5-7H2. The van der Waals surface area contributed by atoms with Gasteiger partial charge < -0.3 is 5.11 Å². The maximum Gasteiger partial charge on any atom is 0.250 e. The van der Waals surface area contributed by atoms with Crippen molar-refractivity contribution < 1.29 is 13.5 Å². The fourth-order valence-electron chi connectivity index (χ4n) is 1.67. The Hall–Kier alpha value is -0.0800. The Kier molecular flexibility index (Phi) is 4.48. The molecule has 0 amide bonds. The monoisotopic (exact) mass is 293 g/mol. The molecule has 2 N–H and O–H groups in total. The largest absolute Gasteiger partial charge is 0.391 e. The van der Waals surface area contributed by atoms with Gasteiger partial charge in [0.05, 0.1) is 6.61 Å². The van der Waals surface area contributed by atoms with Crippen LogP contribution in [0.3, 0.4) is 0 Å². The van der Waals surface area contributed by atoms with Crippen LogP contribution < -0.4 is 4.72 Å². The summed E-state index contributed by atoms with van der Waals surface area (Å²) in [6.07, 6.45) is 2.25. The van der Waals surface area contributed by atoms with E-state index in [1.165, 1.54) is 6.42 Å². The van der Waals surface area contributed by atoms with Gasteiger partial charge in [-0.1, -0.05) is 0 Å². The number of thioether (sulfide) groups is 1. The van der Waals surface area contributed by atoms with Crippen LogP contribution in [0.25, 0.3) is 0 Å². The van der Waals surface area contributed by atoms with E-state index in [0.717, 1.165) is 23.5 Å². The van der Waals surface area contributed by atoms with Crippen LogP contribution in [0, 0.1) is 0 Å². The molecule has 4 nitrogen and oxygen atoms in total. The van der Waals surface area contributed by atoms with E-state index >= 15 is 0 Å². The van der Waals surface area contributed by atoms with E-state index in [-0.39, 0.29) is 10.8 Å². The van der Waals surface area contributed by atoms with Gasteiger partial charge in [-0.05, 0) is 30.7 Å². The zero-order chi connectivity index (χ0) is 12.3. The molecule has 1 aliphatic rings. The topological polar surface area (TPSA) is 66.4 Å². The Morgan fingerprint density at radius 2 is 2.29 bits per heavy atom. The van der Waals surface area contributed by atoms with Crippen molar-refractivity contribution in [2.45, 2.75) is 28.9 Å². The molecule has 2 rings (SSSR count). The van der Waals surface area contributed by atoms with Crippen LogP contribution in [0.2, 0.25) is 0 Å². The Morgan fingerprint density at radius 3 is 2.88 bits per heavy atom. The fraction of sp³-hybridized carbons (Fsp3) is 0.600. The highest BCUT2D eigenvalue weighted by Crippen LogP contribution is 2.26. The van der Waals surface area contributed by atoms with E-state index in [4.69, 9.17) is 5.11 Å². The van der Waals surface area contributed by atoms with Gasteiger partial charge in [0.15, 0.2) is 0 Å². The van der Waals surface area contributed by atoms with Crippen molar-refractivity contribution in [2.24, 2.45) is 0 Å². The normalized spacial score (nSPS) is 20.9.